The van der Waals surface area contributed by atoms with Crippen LogP contribution in [-0.4, -0.2) is 35.1 Å². The maximum atomic E-state index is 13.2. The topological polar surface area (TPSA) is 76.1 Å². The highest BCUT2D eigenvalue weighted by Gasteiger charge is 2.36. The average molecular weight is 486 g/mol. The molecule has 0 bridgehead atoms. The molecule has 0 saturated carbocycles. The minimum absolute atomic E-state index is 0.137. The Morgan fingerprint density at radius 1 is 0.970 bits per heavy atom. The number of benzene rings is 3. The molecular formula is C25H21Cl2NO5. The smallest absolute Gasteiger partial charge is 0.341 e. The third-order valence-corrected chi connectivity index (χ3v) is 5.98. The van der Waals surface area contributed by atoms with Crippen molar-refractivity contribution in [2.45, 2.75) is 19.2 Å². The zero-order valence-corrected chi connectivity index (χ0v) is 19.1. The summed E-state index contributed by atoms with van der Waals surface area (Å²) < 4.78 is 11.2. The zero-order valence-electron chi connectivity index (χ0n) is 17.5. The van der Waals surface area contributed by atoms with Gasteiger partial charge in [0.2, 0.25) is 5.91 Å². The third-order valence-electron chi connectivity index (χ3n) is 5.38. The number of carbonyl (C=O) groups excluding carboxylic acids is 1. The van der Waals surface area contributed by atoms with Gasteiger partial charge in [0.05, 0.1) is 12.6 Å². The summed E-state index contributed by atoms with van der Waals surface area (Å²) >= 11 is 12.4. The van der Waals surface area contributed by atoms with Gasteiger partial charge in [-0.05, 0) is 41.0 Å². The summed E-state index contributed by atoms with van der Waals surface area (Å²) in [6.07, 6.45) is 0. The molecule has 1 heterocycles. The molecule has 1 aliphatic heterocycles. The van der Waals surface area contributed by atoms with E-state index in [0.29, 0.717) is 27.9 Å². The Kier molecular flexibility index (Phi) is 7.18. The Bertz CT molecular complexity index is 1180. The first-order chi connectivity index (χ1) is 15.9. The van der Waals surface area contributed by atoms with Crippen molar-refractivity contribution in [1.82, 2.24) is 4.90 Å². The Balaban J connectivity index is 1.59. The molecule has 3 aromatic carbocycles. The maximum Gasteiger partial charge on any atom is 0.341 e. The summed E-state index contributed by atoms with van der Waals surface area (Å²) in [6.45, 7) is -0.0412. The molecule has 0 spiro atoms. The molecule has 0 radical (unpaired) electrons. The van der Waals surface area contributed by atoms with Gasteiger partial charge in [0.1, 0.15) is 12.4 Å². The van der Waals surface area contributed by atoms with Crippen LogP contribution in [0.15, 0.2) is 66.7 Å². The molecule has 3 aromatic rings. The summed E-state index contributed by atoms with van der Waals surface area (Å²) in [5, 5.41) is 10.1. The number of hydrogen-bond acceptors (Lipinski definition) is 4. The number of fused-ring (bicyclic) bond motifs is 1. The Morgan fingerprint density at radius 3 is 2.52 bits per heavy atom. The van der Waals surface area contributed by atoms with Crippen LogP contribution >= 0.6 is 23.2 Å². The van der Waals surface area contributed by atoms with Crippen LogP contribution in [0.5, 0.6) is 5.75 Å². The standard InChI is InChI=1S/C25H21Cl2NO5/c26-18-9-10-22(33-15-24(30)31)20(11-18)25-19-7-3-1-5-16(19)12-28(25)23(29)14-32-13-17-6-2-4-8-21(17)27/h1-11,25H,12-15H2,(H,30,31). The quantitative estimate of drug-likeness (QED) is 0.479. The van der Waals surface area contributed by atoms with E-state index < -0.39 is 18.6 Å². The van der Waals surface area contributed by atoms with E-state index in [-0.39, 0.29) is 19.1 Å². The van der Waals surface area contributed by atoms with E-state index in [1.807, 2.05) is 42.5 Å². The van der Waals surface area contributed by atoms with Crippen LogP contribution in [0, 0.1) is 0 Å². The van der Waals surface area contributed by atoms with Crippen molar-refractivity contribution in [3.8, 4) is 5.75 Å². The molecule has 1 atom stereocenters. The van der Waals surface area contributed by atoms with Crippen molar-refractivity contribution < 1.29 is 24.2 Å². The van der Waals surface area contributed by atoms with Crippen LogP contribution in [-0.2, 0) is 27.5 Å². The summed E-state index contributed by atoms with van der Waals surface area (Å²) in [6, 6.07) is 19.5. The molecule has 1 amide bonds. The molecule has 0 saturated heterocycles. The second-order valence-electron chi connectivity index (χ2n) is 7.57. The number of rotatable bonds is 8. The Hall–Kier alpha value is -3.06. The lowest BCUT2D eigenvalue weighted by atomic mass is 9.97. The molecule has 1 unspecified atom stereocenters. The second kappa shape index (κ2) is 10.3. The van der Waals surface area contributed by atoms with Gasteiger partial charge in [0, 0.05) is 22.2 Å². The predicted molar refractivity (Wildman–Crippen MR) is 125 cm³/mol. The molecule has 0 fully saturated rings. The number of carbonyl (C=O) groups is 2. The normalized spacial score (nSPS) is 14.7. The molecule has 33 heavy (non-hydrogen) atoms. The van der Waals surface area contributed by atoms with Gasteiger partial charge in [0.15, 0.2) is 6.61 Å². The maximum absolute atomic E-state index is 13.2. The first-order valence-electron chi connectivity index (χ1n) is 10.3. The van der Waals surface area contributed by atoms with Crippen molar-refractivity contribution in [3.63, 3.8) is 0 Å². The van der Waals surface area contributed by atoms with Gasteiger partial charge in [-0.3, -0.25) is 4.79 Å². The summed E-state index contributed by atoms with van der Waals surface area (Å²) in [4.78, 5) is 26.0. The van der Waals surface area contributed by atoms with Crippen LogP contribution in [0.1, 0.15) is 28.3 Å². The van der Waals surface area contributed by atoms with E-state index in [4.69, 9.17) is 37.8 Å². The minimum atomic E-state index is -1.09. The van der Waals surface area contributed by atoms with Gasteiger partial charge in [-0.1, -0.05) is 65.7 Å². The summed E-state index contributed by atoms with van der Waals surface area (Å²) in [5.41, 5.74) is 3.34. The lowest BCUT2D eigenvalue weighted by Crippen LogP contribution is -2.33. The van der Waals surface area contributed by atoms with Crippen molar-refractivity contribution >= 4 is 35.1 Å². The van der Waals surface area contributed by atoms with E-state index in [0.717, 1.165) is 16.7 Å². The largest absolute Gasteiger partial charge is 0.482 e. The number of hydrogen-bond donors (Lipinski definition) is 1. The minimum Gasteiger partial charge on any atom is -0.482 e. The number of halogens is 2. The van der Waals surface area contributed by atoms with Crippen molar-refractivity contribution in [2.75, 3.05) is 13.2 Å². The van der Waals surface area contributed by atoms with Gasteiger partial charge >= 0.3 is 5.97 Å². The molecule has 0 aromatic heterocycles. The number of nitrogens with zero attached hydrogens (tertiary/aromatic N) is 1. The molecule has 170 valence electrons. The van der Waals surface area contributed by atoms with Gasteiger partial charge in [-0.15, -0.1) is 0 Å². The molecule has 1 N–H and O–H groups in total. The lowest BCUT2D eigenvalue weighted by Gasteiger charge is -2.27. The van der Waals surface area contributed by atoms with Crippen LogP contribution in [0.4, 0.5) is 0 Å². The molecule has 6 nitrogen and oxygen atoms in total. The fourth-order valence-electron chi connectivity index (χ4n) is 3.91. The zero-order chi connectivity index (χ0) is 23.4. The highest BCUT2D eigenvalue weighted by atomic mass is 35.5. The van der Waals surface area contributed by atoms with Crippen LogP contribution in [0.25, 0.3) is 0 Å². The van der Waals surface area contributed by atoms with Crippen molar-refractivity contribution in [3.05, 3.63) is 99.0 Å². The summed E-state index contributed by atoms with van der Waals surface area (Å²) in [7, 11) is 0. The van der Waals surface area contributed by atoms with E-state index in [1.165, 1.54) is 0 Å². The SMILES string of the molecule is O=C(O)COc1ccc(Cl)cc1C1c2ccccc2CN1C(=O)COCc1ccccc1Cl. The highest BCUT2D eigenvalue weighted by Crippen LogP contribution is 2.43. The van der Waals surface area contributed by atoms with Gasteiger partial charge in [0.25, 0.3) is 0 Å². The van der Waals surface area contributed by atoms with Gasteiger partial charge < -0.3 is 19.5 Å². The fraction of sp³-hybridized carbons (Fsp3) is 0.200. The second-order valence-corrected chi connectivity index (χ2v) is 8.42. The molecule has 8 heteroatoms. The molecule has 1 aliphatic rings. The lowest BCUT2D eigenvalue weighted by molar-refractivity contribution is -0.140. The molecule has 0 aliphatic carbocycles. The third kappa shape index (κ3) is 5.30. The van der Waals surface area contributed by atoms with Crippen molar-refractivity contribution in [1.29, 1.82) is 0 Å². The molecular weight excluding hydrogens is 465 g/mol. The van der Waals surface area contributed by atoms with Crippen LogP contribution in [0.2, 0.25) is 10.0 Å². The van der Waals surface area contributed by atoms with E-state index in [2.05, 4.69) is 0 Å². The first kappa shape index (κ1) is 23.1. The predicted octanol–water partition coefficient (Wildman–Crippen LogP) is 5.11. The van der Waals surface area contributed by atoms with E-state index in [1.54, 1.807) is 29.2 Å². The monoisotopic (exact) mass is 485 g/mol. The number of ether oxygens (including phenoxy) is 2. The Morgan fingerprint density at radius 2 is 1.73 bits per heavy atom. The Labute approximate surface area is 201 Å². The average Bonchev–Trinajstić information content (AvgIpc) is 3.19. The van der Waals surface area contributed by atoms with Crippen LogP contribution < -0.4 is 4.74 Å². The fourth-order valence-corrected chi connectivity index (χ4v) is 4.28. The summed E-state index contributed by atoms with van der Waals surface area (Å²) in [5.74, 6) is -0.950. The highest BCUT2D eigenvalue weighted by molar-refractivity contribution is 6.31. The number of carboxylic acid groups (broad SMARTS) is 1. The van der Waals surface area contributed by atoms with Gasteiger partial charge in [-0.25, -0.2) is 4.79 Å². The number of amides is 1. The van der Waals surface area contributed by atoms with E-state index in [9.17, 15) is 9.59 Å². The first-order valence-corrected chi connectivity index (χ1v) is 11.0. The van der Waals surface area contributed by atoms with Crippen LogP contribution in [0.3, 0.4) is 0 Å². The molecule has 4 rings (SSSR count). The van der Waals surface area contributed by atoms with Crippen molar-refractivity contribution in [2.24, 2.45) is 0 Å². The number of aliphatic carboxylic acids is 1. The van der Waals surface area contributed by atoms with E-state index >= 15 is 0 Å². The van der Waals surface area contributed by atoms with Gasteiger partial charge in [-0.2, -0.15) is 0 Å². The number of carboxylic acids is 1.